The summed E-state index contributed by atoms with van der Waals surface area (Å²) in [5.41, 5.74) is 2.64. The molecule has 1 aromatic heterocycles. The molecule has 1 fully saturated rings. The Morgan fingerprint density at radius 1 is 1.22 bits per heavy atom. The van der Waals surface area contributed by atoms with Crippen molar-refractivity contribution >= 4 is 5.57 Å². The fourth-order valence-corrected chi connectivity index (χ4v) is 6.03. The number of rotatable bonds is 8. The summed E-state index contributed by atoms with van der Waals surface area (Å²) in [6.45, 7) is 16.2. The van der Waals surface area contributed by atoms with E-state index in [0.717, 1.165) is 40.6 Å². The van der Waals surface area contributed by atoms with Crippen LogP contribution in [0.25, 0.3) is 5.57 Å². The minimum absolute atomic E-state index is 0.00522. The molecule has 2 atom stereocenters. The summed E-state index contributed by atoms with van der Waals surface area (Å²) in [5.74, 6) is 0.889. The van der Waals surface area contributed by atoms with Crippen molar-refractivity contribution in [1.82, 2.24) is 4.98 Å². The van der Waals surface area contributed by atoms with Crippen molar-refractivity contribution in [2.24, 2.45) is 11.3 Å². The van der Waals surface area contributed by atoms with E-state index in [-0.39, 0.29) is 17.8 Å². The SMILES string of the molecule is C=C/C(C#N)=C(\C=C/CC(O)c1c(C2CCOCC2)nc2c(c1C1=CCOCC1)C(O)CC(C)(C)C2)C(F)(F)F.CCC(C)C. The number of hydrogen-bond acceptors (Lipinski definition) is 6. The summed E-state index contributed by atoms with van der Waals surface area (Å²) < 4.78 is 52.1. The summed E-state index contributed by atoms with van der Waals surface area (Å²) in [6.07, 6.45) is 2.54. The van der Waals surface area contributed by atoms with Crippen molar-refractivity contribution in [2.75, 3.05) is 26.4 Å². The third-order valence-corrected chi connectivity index (χ3v) is 8.71. The van der Waals surface area contributed by atoms with Crippen molar-refractivity contribution in [3.05, 3.63) is 70.1 Å². The second-order valence-electron chi connectivity index (χ2n) is 13.2. The first kappa shape index (κ1) is 36.7. The lowest BCUT2D eigenvalue weighted by molar-refractivity contribution is -0.0886. The zero-order valence-corrected chi connectivity index (χ0v) is 27.3. The number of fused-ring (bicyclic) bond motifs is 1. The fraction of sp³-hybridized carbons (Fsp3) is 0.611. The summed E-state index contributed by atoms with van der Waals surface area (Å²) in [7, 11) is 0. The van der Waals surface area contributed by atoms with Gasteiger partial charge in [0.15, 0.2) is 0 Å². The number of nitriles is 1. The molecule has 0 aromatic carbocycles. The van der Waals surface area contributed by atoms with Gasteiger partial charge in [-0.1, -0.05) is 71.9 Å². The van der Waals surface area contributed by atoms with Gasteiger partial charge in [-0.2, -0.15) is 18.4 Å². The highest BCUT2D eigenvalue weighted by atomic mass is 19.4. The normalized spacial score (nSPS) is 21.6. The van der Waals surface area contributed by atoms with E-state index in [1.54, 1.807) is 0 Å². The number of ether oxygens (including phenoxy) is 2. The standard InChI is InChI=1S/C31H37F3N2O4.C5H12/c1-4-19(18-35)22(31(32,33)34)6-5-7-24(37)28-26(20-8-12-39-13-9-20)27-23(16-30(2,3)17-25(27)38)36-29(28)21-10-14-40-15-11-21;1-4-5(2)3/h4-6,8,21,24-25,37-38H,1,7,9-17H2,2-3H3;5H,4H2,1-3H3/b6-5-,22-19-;. The van der Waals surface area contributed by atoms with Gasteiger partial charge in [0.25, 0.3) is 0 Å². The lowest BCUT2D eigenvalue weighted by Crippen LogP contribution is -2.30. The molecular formula is C36H49F3N2O4. The van der Waals surface area contributed by atoms with Crippen molar-refractivity contribution in [1.29, 1.82) is 5.26 Å². The number of aromatic nitrogens is 1. The third-order valence-electron chi connectivity index (χ3n) is 8.71. The predicted molar refractivity (Wildman–Crippen MR) is 170 cm³/mol. The van der Waals surface area contributed by atoms with Gasteiger partial charge in [-0.05, 0) is 61.0 Å². The lowest BCUT2D eigenvalue weighted by Gasteiger charge is -2.38. The summed E-state index contributed by atoms with van der Waals surface area (Å²) in [4.78, 5) is 5.09. The smallest absolute Gasteiger partial charge is 0.388 e. The van der Waals surface area contributed by atoms with E-state index >= 15 is 0 Å². The van der Waals surface area contributed by atoms with Crippen LogP contribution >= 0.6 is 0 Å². The van der Waals surface area contributed by atoms with Crippen LogP contribution < -0.4 is 0 Å². The molecular weight excluding hydrogens is 581 g/mol. The van der Waals surface area contributed by atoms with Gasteiger partial charge in [0.2, 0.25) is 0 Å². The van der Waals surface area contributed by atoms with E-state index in [9.17, 15) is 23.4 Å². The van der Waals surface area contributed by atoms with E-state index in [1.165, 1.54) is 18.6 Å². The van der Waals surface area contributed by atoms with Gasteiger partial charge in [0, 0.05) is 36.0 Å². The summed E-state index contributed by atoms with van der Waals surface area (Å²) in [5, 5.41) is 32.2. The number of pyridine rings is 1. The Hall–Kier alpha value is -2.77. The average Bonchev–Trinajstić information content (AvgIpc) is 2.99. The number of aliphatic hydroxyl groups is 2. The molecule has 0 radical (unpaired) electrons. The second kappa shape index (κ2) is 16.2. The molecule has 4 rings (SSSR count). The number of aliphatic hydroxyl groups excluding tert-OH is 2. The Labute approximate surface area is 266 Å². The highest BCUT2D eigenvalue weighted by Crippen LogP contribution is 2.48. The monoisotopic (exact) mass is 630 g/mol. The summed E-state index contributed by atoms with van der Waals surface area (Å²) >= 11 is 0. The van der Waals surface area contributed by atoms with E-state index in [0.29, 0.717) is 69.7 Å². The first-order chi connectivity index (χ1) is 21.2. The number of allylic oxidation sites excluding steroid dienone is 4. The predicted octanol–water partition coefficient (Wildman–Crippen LogP) is 8.39. The molecule has 0 amide bonds. The number of alkyl halides is 3. The Balaban J connectivity index is 0.00000102. The zero-order chi connectivity index (χ0) is 33.4. The molecule has 3 heterocycles. The Morgan fingerprint density at radius 2 is 1.89 bits per heavy atom. The number of hydrogen-bond donors (Lipinski definition) is 2. The maximum absolute atomic E-state index is 13.7. The van der Waals surface area contributed by atoms with Gasteiger partial charge >= 0.3 is 6.18 Å². The maximum Gasteiger partial charge on any atom is 0.417 e. The van der Waals surface area contributed by atoms with Crippen LogP contribution in [-0.4, -0.2) is 47.8 Å². The number of nitrogens with zero attached hydrogens (tertiary/aromatic N) is 2. The van der Waals surface area contributed by atoms with Crippen LogP contribution in [0.3, 0.4) is 0 Å². The minimum atomic E-state index is -4.75. The van der Waals surface area contributed by atoms with E-state index in [4.69, 9.17) is 19.7 Å². The number of halogens is 3. The molecule has 2 aliphatic heterocycles. The molecule has 0 bridgehead atoms. The van der Waals surface area contributed by atoms with Gasteiger partial charge < -0.3 is 19.7 Å². The van der Waals surface area contributed by atoms with Crippen molar-refractivity contribution in [2.45, 2.75) is 104 Å². The minimum Gasteiger partial charge on any atom is -0.388 e. The maximum atomic E-state index is 13.7. The molecule has 2 unspecified atom stereocenters. The van der Waals surface area contributed by atoms with Gasteiger partial charge in [0.1, 0.15) is 0 Å². The van der Waals surface area contributed by atoms with Crippen molar-refractivity contribution in [3.63, 3.8) is 0 Å². The quantitative estimate of drug-likeness (QED) is 0.221. The lowest BCUT2D eigenvalue weighted by atomic mass is 9.71. The fourth-order valence-electron chi connectivity index (χ4n) is 6.03. The van der Waals surface area contributed by atoms with Crippen LogP contribution in [-0.2, 0) is 15.9 Å². The van der Waals surface area contributed by atoms with Gasteiger partial charge in [-0.15, -0.1) is 0 Å². The van der Waals surface area contributed by atoms with E-state index < -0.39 is 29.5 Å². The van der Waals surface area contributed by atoms with Crippen molar-refractivity contribution < 1.29 is 32.9 Å². The highest BCUT2D eigenvalue weighted by Gasteiger charge is 2.39. The first-order valence-corrected chi connectivity index (χ1v) is 16.0. The van der Waals surface area contributed by atoms with Crippen LogP contribution in [0.5, 0.6) is 0 Å². The molecule has 0 spiro atoms. The van der Waals surface area contributed by atoms with Crippen LogP contribution in [0.2, 0.25) is 0 Å². The molecule has 6 nitrogen and oxygen atoms in total. The topological polar surface area (TPSA) is 95.6 Å². The van der Waals surface area contributed by atoms with Crippen LogP contribution in [0.4, 0.5) is 13.2 Å². The first-order valence-electron chi connectivity index (χ1n) is 16.0. The van der Waals surface area contributed by atoms with Crippen LogP contribution in [0.15, 0.2) is 42.0 Å². The average molecular weight is 631 g/mol. The summed E-state index contributed by atoms with van der Waals surface area (Å²) in [6, 6.07) is 1.54. The molecule has 2 N–H and O–H groups in total. The highest BCUT2D eigenvalue weighted by molar-refractivity contribution is 5.74. The Bertz CT molecular complexity index is 1310. The molecule has 9 heteroatoms. The molecule has 1 aromatic rings. The van der Waals surface area contributed by atoms with Gasteiger partial charge in [0.05, 0.1) is 48.3 Å². The molecule has 1 aliphatic carbocycles. The largest absolute Gasteiger partial charge is 0.417 e. The van der Waals surface area contributed by atoms with Gasteiger partial charge in [-0.25, -0.2) is 0 Å². The second-order valence-corrected chi connectivity index (χ2v) is 13.2. The zero-order valence-electron chi connectivity index (χ0n) is 27.3. The van der Waals surface area contributed by atoms with Gasteiger partial charge in [-0.3, -0.25) is 4.98 Å². The Kier molecular flexibility index (Phi) is 13.2. The molecule has 1 saturated heterocycles. The molecule has 248 valence electrons. The Morgan fingerprint density at radius 3 is 2.42 bits per heavy atom. The molecule has 3 aliphatic rings. The van der Waals surface area contributed by atoms with Crippen molar-refractivity contribution in [3.8, 4) is 6.07 Å². The van der Waals surface area contributed by atoms with Crippen LogP contribution in [0, 0.1) is 22.7 Å². The van der Waals surface area contributed by atoms with Crippen LogP contribution in [0.1, 0.15) is 119 Å². The third kappa shape index (κ3) is 9.62. The van der Waals surface area contributed by atoms with E-state index in [1.807, 2.05) is 6.08 Å². The van der Waals surface area contributed by atoms with E-state index in [2.05, 4.69) is 41.2 Å². The molecule has 0 saturated carbocycles. The molecule has 45 heavy (non-hydrogen) atoms.